The standard InChI is InChI=1S/C20H22N4O2/c1-3-24(4-2)19(26)18-16-11-13(9-10-17(16)22-20(21)23-18)15-8-6-5-7-14(15)12-25/h5-11,25H,3-4,12H2,1-2H3,(H2,21,22,23). The van der Waals surface area contributed by atoms with Crippen molar-refractivity contribution >= 4 is 22.8 Å². The smallest absolute Gasteiger partial charge is 0.273 e. The molecule has 3 rings (SSSR count). The first-order valence-corrected chi connectivity index (χ1v) is 8.64. The molecule has 0 saturated carbocycles. The van der Waals surface area contributed by atoms with Gasteiger partial charge in [-0.2, -0.15) is 0 Å². The van der Waals surface area contributed by atoms with Gasteiger partial charge in [-0.25, -0.2) is 9.97 Å². The third-order valence-corrected chi connectivity index (χ3v) is 4.46. The Morgan fingerprint density at radius 2 is 1.85 bits per heavy atom. The molecule has 3 N–H and O–H groups in total. The Bertz CT molecular complexity index is 952. The Kier molecular flexibility index (Phi) is 5.14. The van der Waals surface area contributed by atoms with E-state index >= 15 is 0 Å². The molecule has 0 aliphatic carbocycles. The maximum Gasteiger partial charge on any atom is 0.273 e. The van der Waals surface area contributed by atoms with Crippen LogP contribution in [0.4, 0.5) is 5.95 Å². The molecular weight excluding hydrogens is 328 g/mol. The number of carbonyl (C=O) groups excluding carboxylic acids is 1. The highest BCUT2D eigenvalue weighted by Gasteiger charge is 2.19. The molecule has 0 aliphatic heterocycles. The normalized spacial score (nSPS) is 10.9. The molecule has 0 unspecified atom stereocenters. The monoisotopic (exact) mass is 350 g/mol. The number of rotatable bonds is 5. The van der Waals surface area contributed by atoms with E-state index in [-0.39, 0.29) is 18.5 Å². The second kappa shape index (κ2) is 7.49. The van der Waals surface area contributed by atoms with Crippen molar-refractivity contribution in [2.45, 2.75) is 20.5 Å². The molecular formula is C20H22N4O2. The number of amides is 1. The van der Waals surface area contributed by atoms with Crippen LogP contribution in [0.2, 0.25) is 0 Å². The fraction of sp³-hybridized carbons (Fsp3) is 0.250. The van der Waals surface area contributed by atoms with Crippen molar-refractivity contribution in [3.8, 4) is 11.1 Å². The third kappa shape index (κ3) is 3.23. The number of aromatic nitrogens is 2. The number of nitrogens with zero attached hydrogens (tertiary/aromatic N) is 3. The Morgan fingerprint density at radius 1 is 1.12 bits per heavy atom. The van der Waals surface area contributed by atoms with Crippen LogP contribution >= 0.6 is 0 Å². The lowest BCUT2D eigenvalue weighted by atomic mass is 9.98. The summed E-state index contributed by atoms with van der Waals surface area (Å²) in [5.74, 6) is -0.0850. The number of hydrogen-bond acceptors (Lipinski definition) is 5. The topological polar surface area (TPSA) is 92.3 Å². The number of fused-ring (bicyclic) bond motifs is 1. The highest BCUT2D eigenvalue weighted by molar-refractivity contribution is 6.05. The molecule has 6 heteroatoms. The molecule has 0 radical (unpaired) electrons. The van der Waals surface area contributed by atoms with Gasteiger partial charge < -0.3 is 15.7 Å². The summed E-state index contributed by atoms with van der Waals surface area (Å²) < 4.78 is 0. The van der Waals surface area contributed by atoms with Gasteiger partial charge in [0.2, 0.25) is 5.95 Å². The molecule has 6 nitrogen and oxygen atoms in total. The van der Waals surface area contributed by atoms with Crippen molar-refractivity contribution in [3.63, 3.8) is 0 Å². The quantitative estimate of drug-likeness (QED) is 0.738. The number of hydrogen-bond donors (Lipinski definition) is 2. The number of aliphatic hydroxyl groups excluding tert-OH is 1. The van der Waals surface area contributed by atoms with Crippen LogP contribution in [0.3, 0.4) is 0 Å². The van der Waals surface area contributed by atoms with Crippen molar-refractivity contribution in [2.24, 2.45) is 0 Å². The summed E-state index contributed by atoms with van der Waals surface area (Å²) >= 11 is 0. The first kappa shape index (κ1) is 17.8. The molecule has 0 fully saturated rings. The lowest BCUT2D eigenvalue weighted by molar-refractivity contribution is 0.0769. The van der Waals surface area contributed by atoms with Crippen LogP contribution in [0.15, 0.2) is 42.5 Å². The lowest BCUT2D eigenvalue weighted by Gasteiger charge is -2.19. The summed E-state index contributed by atoms with van der Waals surface area (Å²) in [4.78, 5) is 23.1. The van der Waals surface area contributed by atoms with Crippen molar-refractivity contribution in [1.29, 1.82) is 0 Å². The van der Waals surface area contributed by atoms with Crippen LogP contribution in [0, 0.1) is 0 Å². The number of nitrogen functional groups attached to an aromatic ring is 1. The van der Waals surface area contributed by atoms with E-state index in [1.54, 1.807) is 4.90 Å². The van der Waals surface area contributed by atoms with E-state index in [9.17, 15) is 9.90 Å². The molecule has 0 atom stereocenters. The summed E-state index contributed by atoms with van der Waals surface area (Å²) in [5.41, 5.74) is 9.37. The first-order chi connectivity index (χ1) is 12.6. The zero-order valence-electron chi connectivity index (χ0n) is 14.9. The van der Waals surface area contributed by atoms with Gasteiger partial charge in [0.1, 0.15) is 5.69 Å². The number of benzene rings is 2. The molecule has 0 bridgehead atoms. The Hall–Kier alpha value is -2.99. The van der Waals surface area contributed by atoms with Gasteiger partial charge in [0.25, 0.3) is 5.91 Å². The molecule has 0 aliphatic rings. The number of carbonyl (C=O) groups is 1. The summed E-state index contributed by atoms with van der Waals surface area (Å²) in [5, 5.41) is 10.3. The van der Waals surface area contributed by atoms with Gasteiger partial charge in [-0.1, -0.05) is 30.3 Å². The Labute approximate surface area is 152 Å². The zero-order chi connectivity index (χ0) is 18.7. The van der Waals surface area contributed by atoms with E-state index in [0.29, 0.717) is 29.7 Å². The SMILES string of the molecule is CCN(CC)C(=O)c1nc(N)nc2ccc(-c3ccccc3CO)cc12. The minimum atomic E-state index is -0.165. The fourth-order valence-corrected chi connectivity index (χ4v) is 3.08. The summed E-state index contributed by atoms with van der Waals surface area (Å²) in [6.45, 7) is 4.98. The lowest BCUT2D eigenvalue weighted by Crippen LogP contribution is -2.31. The summed E-state index contributed by atoms with van der Waals surface area (Å²) in [6.07, 6.45) is 0. The molecule has 3 aromatic rings. The molecule has 26 heavy (non-hydrogen) atoms. The van der Waals surface area contributed by atoms with Gasteiger partial charge in [-0.05, 0) is 42.7 Å². The van der Waals surface area contributed by atoms with Gasteiger partial charge in [-0.3, -0.25) is 4.79 Å². The van der Waals surface area contributed by atoms with Crippen LogP contribution in [0.25, 0.3) is 22.0 Å². The minimum Gasteiger partial charge on any atom is -0.392 e. The second-order valence-electron chi connectivity index (χ2n) is 5.96. The largest absolute Gasteiger partial charge is 0.392 e. The minimum absolute atomic E-state index is 0.0579. The highest BCUT2D eigenvalue weighted by atomic mass is 16.3. The zero-order valence-corrected chi connectivity index (χ0v) is 14.9. The van der Waals surface area contributed by atoms with Crippen LogP contribution in [-0.2, 0) is 6.61 Å². The van der Waals surface area contributed by atoms with Crippen molar-refractivity contribution in [3.05, 3.63) is 53.7 Å². The van der Waals surface area contributed by atoms with Crippen molar-refractivity contribution in [2.75, 3.05) is 18.8 Å². The maximum absolute atomic E-state index is 12.9. The number of aliphatic hydroxyl groups is 1. The molecule has 1 amide bonds. The molecule has 2 aromatic carbocycles. The summed E-state index contributed by atoms with van der Waals surface area (Å²) in [7, 11) is 0. The average molecular weight is 350 g/mol. The van der Waals surface area contributed by atoms with Crippen molar-refractivity contribution < 1.29 is 9.90 Å². The van der Waals surface area contributed by atoms with E-state index in [4.69, 9.17) is 5.73 Å². The molecule has 0 saturated heterocycles. The van der Waals surface area contributed by atoms with E-state index in [0.717, 1.165) is 16.7 Å². The van der Waals surface area contributed by atoms with Crippen LogP contribution < -0.4 is 5.73 Å². The number of nitrogens with two attached hydrogens (primary N) is 1. The van der Waals surface area contributed by atoms with Crippen LogP contribution in [0.1, 0.15) is 29.9 Å². The van der Waals surface area contributed by atoms with Crippen LogP contribution in [0.5, 0.6) is 0 Å². The average Bonchev–Trinajstić information content (AvgIpc) is 2.67. The van der Waals surface area contributed by atoms with Crippen molar-refractivity contribution in [1.82, 2.24) is 14.9 Å². The third-order valence-electron chi connectivity index (χ3n) is 4.46. The molecule has 134 valence electrons. The van der Waals surface area contributed by atoms with E-state index < -0.39 is 0 Å². The van der Waals surface area contributed by atoms with Gasteiger partial charge >= 0.3 is 0 Å². The number of anilines is 1. The first-order valence-electron chi connectivity index (χ1n) is 8.64. The highest BCUT2D eigenvalue weighted by Crippen LogP contribution is 2.28. The Morgan fingerprint density at radius 3 is 2.54 bits per heavy atom. The van der Waals surface area contributed by atoms with Gasteiger partial charge in [0.15, 0.2) is 0 Å². The Balaban J connectivity index is 2.21. The maximum atomic E-state index is 12.9. The summed E-state index contributed by atoms with van der Waals surface area (Å²) in [6, 6.07) is 13.2. The predicted molar refractivity (Wildman–Crippen MR) is 103 cm³/mol. The fourth-order valence-electron chi connectivity index (χ4n) is 3.08. The van der Waals surface area contributed by atoms with Crippen LogP contribution in [-0.4, -0.2) is 39.0 Å². The molecule has 1 aromatic heterocycles. The second-order valence-corrected chi connectivity index (χ2v) is 5.96. The van der Waals surface area contributed by atoms with Gasteiger partial charge in [-0.15, -0.1) is 0 Å². The van der Waals surface area contributed by atoms with Gasteiger partial charge in [0.05, 0.1) is 12.1 Å². The molecule has 1 heterocycles. The molecule has 0 spiro atoms. The van der Waals surface area contributed by atoms with E-state index in [1.807, 2.05) is 56.3 Å². The predicted octanol–water partition coefficient (Wildman–Crippen LogP) is 2.85. The van der Waals surface area contributed by atoms with E-state index in [2.05, 4.69) is 9.97 Å². The van der Waals surface area contributed by atoms with E-state index in [1.165, 1.54) is 0 Å². The van der Waals surface area contributed by atoms with Gasteiger partial charge in [0, 0.05) is 18.5 Å².